The number of hydrogen-bond acceptors (Lipinski definition) is 7. The first kappa shape index (κ1) is 23.3. The Morgan fingerprint density at radius 3 is 2.37 bits per heavy atom. The molecule has 35 heavy (non-hydrogen) atoms. The summed E-state index contributed by atoms with van der Waals surface area (Å²) in [5, 5.41) is 17.4. The van der Waals surface area contributed by atoms with Gasteiger partial charge in [-0.1, -0.05) is 30.3 Å². The highest BCUT2D eigenvalue weighted by molar-refractivity contribution is 6.03. The van der Waals surface area contributed by atoms with Crippen molar-refractivity contribution in [2.75, 3.05) is 6.54 Å². The molecule has 0 spiro atoms. The number of rotatable bonds is 7. The number of nitro benzene ring substituents is 1. The topological polar surface area (TPSA) is 140 Å². The molecule has 1 fully saturated rings. The third-order valence-corrected chi connectivity index (χ3v) is 5.48. The van der Waals surface area contributed by atoms with Gasteiger partial charge in [0.25, 0.3) is 11.6 Å². The normalized spacial score (nSPS) is 17.1. The summed E-state index contributed by atoms with van der Waals surface area (Å²) in [4.78, 5) is 47.2. The lowest BCUT2D eigenvalue weighted by molar-refractivity contribution is -0.384. The number of hydrazone groups is 1. The van der Waals surface area contributed by atoms with Crippen LogP contribution >= 0.6 is 0 Å². The van der Waals surface area contributed by atoms with Crippen LogP contribution in [0.5, 0.6) is 5.75 Å². The van der Waals surface area contributed by atoms with Gasteiger partial charge in [0, 0.05) is 24.6 Å². The molecule has 0 unspecified atom stereocenters. The van der Waals surface area contributed by atoms with Crippen molar-refractivity contribution in [2.24, 2.45) is 11.0 Å². The second-order valence-electron chi connectivity index (χ2n) is 7.74. The molecule has 1 saturated heterocycles. The minimum atomic E-state index is -0.879. The van der Waals surface area contributed by atoms with Gasteiger partial charge >= 0.3 is 5.97 Å². The van der Waals surface area contributed by atoms with Crippen LogP contribution in [0, 0.1) is 16.0 Å². The van der Waals surface area contributed by atoms with Crippen molar-refractivity contribution in [2.45, 2.75) is 5.92 Å². The van der Waals surface area contributed by atoms with E-state index in [4.69, 9.17) is 4.74 Å². The van der Waals surface area contributed by atoms with E-state index in [9.17, 15) is 24.5 Å². The molecule has 2 N–H and O–H groups in total. The van der Waals surface area contributed by atoms with Crippen molar-refractivity contribution >= 4 is 29.7 Å². The number of hydrogen-bond donors (Lipinski definition) is 2. The number of non-ortho nitro benzene ring substituents is 1. The number of benzene rings is 3. The SMILES string of the molecule is O=C(Oc1ccc(C=NNC(=O)[C@@H]2C(=O)NC[C@@H]2c2ccccc2)cc1)c1ccc([N+](=O)[O-])cc1. The predicted molar refractivity (Wildman–Crippen MR) is 126 cm³/mol. The lowest BCUT2D eigenvalue weighted by Gasteiger charge is -2.15. The van der Waals surface area contributed by atoms with Gasteiger partial charge in [-0.05, 0) is 47.5 Å². The molecular formula is C25H20N4O6. The summed E-state index contributed by atoms with van der Waals surface area (Å²) in [5.74, 6) is -2.39. The zero-order chi connectivity index (χ0) is 24.8. The molecule has 0 radical (unpaired) electrons. The third kappa shape index (κ3) is 5.56. The molecule has 3 aromatic rings. The highest BCUT2D eigenvalue weighted by Gasteiger charge is 2.40. The minimum Gasteiger partial charge on any atom is -0.423 e. The first-order valence-electron chi connectivity index (χ1n) is 10.6. The molecular weight excluding hydrogens is 452 g/mol. The average molecular weight is 472 g/mol. The lowest BCUT2D eigenvalue weighted by atomic mass is 9.88. The number of ether oxygens (including phenoxy) is 1. The number of nitrogens with one attached hydrogen (secondary N) is 2. The molecule has 0 bridgehead atoms. The van der Waals surface area contributed by atoms with Crippen molar-refractivity contribution in [3.05, 3.63) is 106 Å². The van der Waals surface area contributed by atoms with Crippen LogP contribution in [0.1, 0.15) is 27.4 Å². The first-order chi connectivity index (χ1) is 16.9. The van der Waals surface area contributed by atoms with Crippen LogP contribution in [-0.2, 0) is 9.59 Å². The second kappa shape index (κ2) is 10.4. The molecule has 1 heterocycles. The van der Waals surface area contributed by atoms with E-state index in [0.717, 1.165) is 5.56 Å². The lowest BCUT2D eigenvalue weighted by Crippen LogP contribution is -2.34. The van der Waals surface area contributed by atoms with Crippen LogP contribution in [-0.4, -0.2) is 35.5 Å². The number of nitro groups is 1. The molecule has 0 saturated carbocycles. The van der Waals surface area contributed by atoms with Gasteiger partial charge < -0.3 is 10.1 Å². The van der Waals surface area contributed by atoms with E-state index >= 15 is 0 Å². The smallest absolute Gasteiger partial charge is 0.343 e. The van der Waals surface area contributed by atoms with Gasteiger partial charge in [-0.25, -0.2) is 10.2 Å². The number of amides is 2. The quantitative estimate of drug-likeness (QED) is 0.135. The fourth-order valence-electron chi connectivity index (χ4n) is 3.68. The molecule has 1 aliphatic heterocycles. The molecule has 176 valence electrons. The first-order valence-corrected chi connectivity index (χ1v) is 10.6. The molecule has 3 aromatic carbocycles. The Balaban J connectivity index is 1.33. The van der Waals surface area contributed by atoms with E-state index < -0.39 is 22.7 Å². The Hall–Kier alpha value is -4.86. The van der Waals surface area contributed by atoms with Gasteiger partial charge in [-0.2, -0.15) is 5.10 Å². The molecule has 0 aromatic heterocycles. The summed E-state index contributed by atoms with van der Waals surface area (Å²) in [6.07, 6.45) is 1.41. The highest BCUT2D eigenvalue weighted by Crippen LogP contribution is 2.29. The molecule has 10 heteroatoms. The van der Waals surface area contributed by atoms with Crippen LogP contribution in [0.4, 0.5) is 5.69 Å². The summed E-state index contributed by atoms with van der Waals surface area (Å²) in [5.41, 5.74) is 3.99. The number of nitrogens with zero attached hydrogens (tertiary/aromatic N) is 2. The van der Waals surface area contributed by atoms with Crippen molar-refractivity contribution in [3.8, 4) is 5.75 Å². The van der Waals surface area contributed by atoms with Gasteiger partial charge in [0.2, 0.25) is 5.91 Å². The predicted octanol–water partition coefficient (Wildman–Crippen LogP) is 2.79. The summed E-state index contributed by atoms with van der Waals surface area (Å²) >= 11 is 0. The summed E-state index contributed by atoms with van der Waals surface area (Å²) in [6, 6.07) is 20.8. The van der Waals surface area contributed by atoms with E-state index in [1.54, 1.807) is 24.3 Å². The van der Waals surface area contributed by atoms with Gasteiger partial charge in [-0.3, -0.25) is 19.7 Å². The van der Waals surface area contributed by atoms with Crippen LogP contribution < -0.4 is 15.5 Å². The Labute approximate surface area is 199 Å². The number of carbonyl (C=O) groups is 3. The zero-order valence-electron chi connectivity index (χ0n) is 18.3. The maximum Gasteiger partial charge on any atom is 0.343 e. The van der Waals surface area contributed by atoms with Crippen molar-refractivity contribution in [3.63, 3.8) is 0 Å². The fourth-order valence-corrected chi connectivity index (χ4v) is 3.68. The van der Waals surface area contributed by atoms with E-state index in [2.05, 4.69) is 15.8 Å². The summed E-state index contributed by atoms with van der Waals surface area (Å²) < 4.78 is 5.26. The molecule has 1 aliphatic rings. The second-order valence-corrected chi connectivity index (χ2v) is 7.74. The summed E-state index contributed by atoms with van der Waals surface area (Å²) in [7, 11) is 0. The number of carbonyl (C=O) groups excluding carboxylic acids is 3. The number of esters is 1. The van der Waals surface area contributed by atoms with Gasteiger partial charge in [-0.15, -0.1) is 0 Å². The monoisotopic (exact) mass is 472 g/mol. The molecule has 2 atom stereocenters. The van der Waals surface area contributed by atoms with Crippen LogP contribution in [0.3, 0.4) is 0 Å². The van der Waals surface area contributed by atoms with Crippen molar-refractivity contribution in [1.29, 1.82) is 0 Å². The molecule has 10 nitrogen and oxygen atoms in total. The van der Waals surface area contributed by atoms with Gasteiger partial charge in [0.15, 0.2) is 0 Å². The Morgan fingerprint density at radius 1 is 1.03 bits per heavy atom. The fraction of sp³-hybridized carbons (Fsp3) is 0.120. The largest absolute Gasteiger partial charge is 0.423 e. The maximum atomic E-state index is 12.6. The van der Waals surface area contributed by atoms with Crippen molar-refractivity contribution in [1.82, 2.24) is 10.7 Å². The van der Waals surface area contributed by atoms with Gasteiger partial charge in [0.1, 0.15) is 11.7 Å². The van der Waals surface area contributed by atoms with Crippen LogP contribution in [0.25, 0.3) is 0 Å². The van der Waals surface area contributed by atoms with Crippen LogP contribution in [0.15, 0.2) is 84.0 Å². The summed E-state index contributed by atoms with van der Waals surface area (Å²) in [6.45, 7) is 0.380. The van der Waals surface area contributed by atoms with Gasteiger partial charge in [0.05, 0.1) is 16.7 Å². The standard InChI is InChI=1S/C25H20N4O6/c30-23-22(21(15-26-23)17-4-2-1-3-5-17)24(31)28-27-14-16-6-12-20(13-7-16)35-25(32)18-8-10-19(11-9-18)29(33)34/h1-14,21-22H,15H2,(H,26,30)(H,28,31)/t21-,22+/m1/s1. The Bertz CT molecular complexity index is 1270. The maximum absolute atomic E-state index is 12.6. The minimum absolute atomic E-state index is 0.124. The Kier molecular flexibility index (Phi) is 6.91. The van der Waals surface area contributed by atoms with E-state index in [1.807, 2.05) is 30.3 Å². The van der Waals surface area contributed by atoms with E-state index in [-0.39, 0.29) is 28.8 Å². The van der Waals surface area contributed by atoms with E-state index in [0.29, 0.717) is 12.1 Å². The average Bonchev–Trinajstić information content (AvgIpc) is 3.27. The van der Waals surface area contributed by atoms with E-state index in [1.165, 1.54) is 30.5 Å². The molecule has 4 rings (SSSR count). The third-order valence-electron chi connectivity index (χ3n) is 5.48. The zero-order valence-corrected chi connectivity index (χ0v) is 18.3. The Morgan fingerprint density at radius 2 is 1.71 bits per heavy atom. The van der Waals surface area contributed by atoms with Crippen molar-refractivity contribution < 1.29 is 24.0 Å². The highest BCUT2D eigenvalue weighted by atomic mass is 16.6. The molecule has 0 aliphatic carbocycles. The van der Waals surface area contributed by atoms with Crippen LogP contribution in [0.2, 0.25) is 0 Å². The molecule has 2 amide bonds.